The average Bonchev–Trinajstić information content (AvgIpc) is 2.30. The monoisotopic (exact) mass is 232 g/mol. The first-order chi connectivity index (χ1) is 8.11. The summed E-state index contributed by atoms with van der Waals surface area (Å²) >= 11 is 0. The summed E-state index contributed by atoms with van der Waals surface area (Å²) in [4.78, 5) is 9.00. The van der Waals surface area contributed by atoms with Gasteiger partial charge in [0.2, 0.25) is 0 Å². The Morgan fingerprint density at radius 3 is 2.00 bits per heavy atom. The molecule has 0 unspecified atom stereocenters. The van der Waals surface area contributed by atoms with Crippen molar-refractivity contribution in [1.29, 1.82) is 0 Å². The second kappa shape index (κ2) is 6.43. The van der Waals surface area contributed by atoms with Crippen LogP contribution < -0.4 is 0 Å². The van der Waals surface area contributed by atoms with E-state index in [0.29, 0.717) is 5.56 Å². The number of benzene rings is 2. The summed E-state index contributed by atoms with van der Waals surface area (Å²) in [6, 6.07) is 16.3. The minimum Gasteiger partial charge on any atom is -0.481 e. The highest BCUT2D eigenvalue weighted by atomic mass is 19.1. The number of hydrogen-bond acceptors (Lipinski definition) is 1. The Morgan fingerprint density at radius 1 is 1.00 bits per heavy atom. The molecule has 0 atom stereocenters. The van der Waals surface area contributed by atoms with Crippen molar-refractivity contribution in [3.63, 3.8) is 0 Å². The largest absolute Gasteiger partial charge is 0.481 e. The molecule has 2 rings (SSSR count). The van der Waals surface area contributed by atoms with Gasteiger partial charge in [-0.25, -0.2) is 4.39 Å². The molecule has 0 bridgehead atoms. The van der Waals surface area contributed by atoms with Gasteiger partial charge in [0, 0.05) is 12.5 Å². The van der Waals surface area contributed by atoms with Crippen LogP contribution in [-0.4, -0.2) is 11.1 Å². The van der Waals surface area contributed by atoms with Crippen LogP contribution in [0.2, 0.25) is 0 Å². The molecule has 0 aliphatic heterocycles. The third-order valence-corrected chi connectivity index (χ3v) is 1.96. The molecule has 2 nitrogen and oxygen atoms in total. The van der Waals surface area contributed by atoms with Gasteiger partial charge in [-0.3, -0.25) is 4.79 Å². The normalized spacial score (nSPS) is 9.06. The van der Waals surface area contributed by atoms with Gasteiger partial charge in [0.1, 0.15) is 5.82 Å². The second-order valence-electron chi connectivity index (χ2n) is 3.36. The lowest BCUT2D eigenvalue weighted by Gasteiger charge is -2.01. The lowest BCUT2D eigenvalue weighted by Crippen LogP contribution is -1.81. The molecule has 0 saturated carbocycles. The van der Waals surface area contributed by atoms with Crippen LogP contribution in [0.1, 0.15) is 6.92 Å². The van der Waals surface area contributed by atoms with Gasteiger partial charge in [-0.2, -0.15) is 0 Å². The van der Waals surface area contributed by atoms with Crippen LogP contribution in [0.15, 0.2) is 54.6 Å². The molecule has 0 aromatic heterocycles. The van der Waals surface area contributed by atoms with Gasteiger partial charge in [-0.1, -0.05) is 48.5 Å². The predicted molar refractivity (Wildman–Crippen MR) is 65.1 cm³/mol. The van der Waals surface area contributed by atoms with Crippen molar-refractivity contribution in [1.82, 2.24) is 0 Å². The number of hydrogen-bond donors (Lipinski definition) is 1. The molecule has 2 aromatic rings. The smallest absolute Gasteiger partial charge is 0.300 e. The average molecular weight is 232 g/mol. The van der Waals surface area contributed by atoms with E-state index in [-0.39, 0.29) is 5.82 Å². The maximum atomic E-state index is 13.3. The minimum absolute atomic E-state index is 0.172. The first-order valence-corrected chi connectivity index (χ1v) is 5.10. The van der Waals surface area contributed by atoms with Crippen molar-refractivity contribution in [2.45, 2.75) is 6.92 Å². The Labute approximate surface area is 99.3 Å². The molecule has 0 saturated heterocycles. The van der Waals surface area contributed by atoms with E-state index in [9.17, 15) is 4.39 Å². The molecular formula is C14H13FO2. The topological polar surface area (TPSA) is 37.3 Å². The molecule has 2 aromatic carbocycles. The summed E-state index contributed by atoms with van der Waals surface area (Å²) in [5.41, 5.74) is 1.57. The number of aliphatic carboxylic acids is 1. The SMILES string of the molecule is CC(=O)O.Fc1ccccc1-c1ccccc1. The van der Waals surface area contributed by atoms with Crippen molar-refractivity contribution in [3.05, 3.63) is 60.4 Å². The summed E-state index contributed by atoms with van der Waals surface area (Å²) in [5, 5.41) is 7.42. The van der Waals surface area contributed by atoms with E-state index < -0.39 is 5.97 Å². The number of carboxylic acids is 1. The number of carbonyl (C=O) groups is 1. The van der Waals surface area contributed by atoms with Crippen molar-refractivity contribution in [2.75, 3.05) is 0 Å². The minimum atomic E-state index is -0.833. The Balaban J connectivity index is 0.000000317. The fraction of sp³-hybridized carbons (Fsp3) is 0.0714. The fourth-order valence-corrected chi connectivity index (χ4v) is 1.31. The van der Waals surface area contributed by atoms with E-state index in [1.54, 1.807) is 12.1 Å². The van der Waals surface area contributed by atoms with Crippen LogP contribution in [0.25, 0.3) is 11.1 Å². The molecule has 0 fully saturated rings. The Kier molecular flexibility index (Phi) is 4.88. The summed E-state index contributed by atoms with van der Waals surface area (Å²) in [7, 11) is 0. The van der Waals surface area contributed by atoms with Gasteiger partial charge >= 0.3 is 0 Å². The third kappa shape index (κ3) is 4.47. The van der Waals surface area contributed by atoms with Crippen LogP contribution in [0.5, 0.6) is 0 Å². The molecule has 3 heteroatoms. The molecule has 0 spiro atoms. The first kappa shape index (κ1) is 12.9. The summed E-state index contributed by atoms with van der Waals surface area (Å²) in [6.07, 6.45) is 0. The lowest BCUT2D eigenvalue weighted by molar-refractivity contribution is -0.134. The van der Waals surface area contributed by atoms with Gasteiger partial charge in [0.15, 0.2) is 0 Å². The van der Waals surface area contributed by atoms with Gasteiger partial charge in [-0.15, -0.1) is 0 Å². The van der Waals surface area contributed by atoms with Crippen molar-refractivity contribution in [2.24, 2.45) is 0 Å². The molecular weight excluding hydrogens is 219 g/mol. The van der Waals surface area contributed by atoms with E-state index in [1.807, 2.05) is 36.4 Å². The maximum Gasteiger partial charge on any atom is 0.300 e. The molecule has 17 heavy (non-hydrogen) atoms. The van der Waals surface area contributed by atoms with Crippen LogP contribution in [0.3, 0.4) is 0 Å². The van der Waals surface area contributed by atoms with Crippen LogP contribution >= 0.6 is 0 Å². The van der Waals surface area contributed by atoms with E-state index in [1.165, 1.54) is 6.07 Å². The van der Waals surface area contributed by atoms with E-state index in [0.717, 1.165) is 12.5 Å². The van der Waals surface area contributed by atoms with Crippen LogP contribution in [0, 0.1) is 5.82 Å². The van der Waals surface area contributed by atoms with Crippen molar-refractivity contribution >= 4 is 5.97 Å². The summed E-state index contributed by atoms with van der Waals surface area (Å²) in [6.45, 7) is 1.08. The van der Waals surface area contributed by atoms with Crippen molar-refractivity contribution < 1.29 is 14.3 Å². The standard InChI is InChI=1S/C12H9F.C2H4O2/c13-12-9-5-4-8-11(12)10-6-2-1-3-7-10;1-2(3)4/h1-9H;1H3,(H,3,4). The van der Waals surface area contributed by atoms with Crippen LogP contribution in [-0.2, 0) is 4.79 Å². The Morgan fingerprint density at radius 2 is 1.47 bits per heavy atom. The van der Waals surface area contributed by atoms with E-state index >= 15 is 0 Å². The van der Waals surface area contributed by atoms with Gasteiger partial charge < -0.3 is 5.11 Å². The molecule has 1 N–H and O–H groups in total. The maximum absolute atomic E-state index is 13.3. The van der Waals surface area contributed by atoms with Gasteiger partial charge in [0.05, 0.1) is 0 Å². The molecule has 0 heterocycles. The highest BCUT2D eigenvalue weighted by Crippen LogP contribution is 2.21. The predicted octanol–water partition coefficient (Wildman–Crippen LogP) is 3.58. The summed E-state index contributed by atoms with van der Waals surface area (Å²) < 4.78 is 13.3. The van der Waals surface area contributed by atoms with E-state index in [4.69, 9.17) is 9.90 Å². The number of rotatable bonds is 1. The highest BCUT2D eigenvalue weighted by Gasteiger charge is 2.01. The number of carboxylic acid groups (broad SMARTS) is 1. The molecule has 0 aliphatic rings. The zero-order chi connectivity index (χ0) is 12.7. The van der Waals surface area contributed by atoms with Crippen molar-refractivity contribution in [3.8, 4) is 11.1 Å². The Bertz CT molecular complexity index is 477. The molecule has 0 amide bonds. The Hall–Kier alpha value is -2.16. The molecule has 0 aliphatic carbocycles. The zero-order valence-electron chi connectivity index (χ0n) is 9.43. The third-order valence-electron chi connectivity index (χ3n) is 1.96. The molecule has 0 radical (unpaired) electrons. The zero-order valence-corrected chi connectivity index (χ0v) is 9.43. The van der Waals surface area contributed by atoms with Gasteiger partial charge in [0.25, 0.3) is 5.97 Å². The fourth-order valence-electron chi connectivity index (χ4n) is 1.31. The molecule has 88 valence electrons. The second-order valence-corrected chi connectivity index (χ2v) is 3.36. The van der Waals surface area contributed by atoms with Gasteiger partial charge in [-0.05, 0) is 11.6 Å². The number of halogens is 1. The first-order valence-electron chi connectivity index (χ1n) is 5.10. The highest BCUT2D eigenvalue weighted by molar-refractivity contribution is 5.63. The lowest BCUT2D eigenvalue weighted by atomic mass is 10.1. The quantitative estimate of drug-likeness (QED) is 0.815. The van der Waals surface area contributed by atoms with Crippen LogP contribution in [0.4, 0.5) is 4.39 Å². The van der Waals surface area contributed by atoms with E-state index in [2.05, 4.69) is 0 Å². The summed E-state index contributed by atoms with van der Waals surface area (Å²) in [5.74, 6) is -1.01.